The lowest BCUT2D eigenvalue weighted by molar-refractivity contribution is 1.23. The number of hydrogen-bond acceptors (Lipinski definition) is 4. The van der Waals surface area contributed by atoms with Crippen molar-refractivity contribution in [2.24, 2.45) is 0 Å². The van der Waals surface area contributed by atoms with Crippen LogP contribution >= 0.6 is 0 Å². The second-order valence-electron chi connectivity index (χ2n) is 3.68. The van der Waals surface area contributed by atoms with Crippen LogP contribution in [0.5, 0.6) is 0 Å². The molecule has 0 fully saturated rings. The molecule has 1 N–H and O–H groups in total. The Labute approximate surface area is 100.0 Å². The van der Waals surface area contributed by atoms with Crippen molar-refractivity contribution in [2.45, 2.75) is 6.92 Å². The van der Waals surface area contributed by atoms with Gasteiger partial charge in [0.15, 0.2) is 0 Å². The summed E-state index contributed by atoms with van der Waals surface area (Å²) in [7, 11) is 1.83. The number of pyridine rings is 2. The first-order valence-corrected chi connectivity index (χ1v) is 5.25. The fraction of sp³-hybridized carbons (Fsp3) is 0.154. The van der Waals surface area contributed by atoms with Gasteiger partial charge in [-0.2, -0.15) is 5.26 Å². The zero-order chi connectivity index (χ0) is 12.3. The van der Waals surface area contributed by atoms with Crippen LogP contribution in [0.15, 0.2) is 30.6 Å². The number of aromatic nitrogens is 2. The lowest BCUT2D eigenvalue weighted by Gasteiger charge is -2.04. The predicted octanol–water partition coefficient (Wildman–Crippen LogP) is 2.37. The normalized spacial score (nSPS) is 9.71. The summed E-state index contributed by atoms with van der Waals surface area (Å²) in [6.45, 7) is 1.90. The predicted molar refractivity (Wildman–Crippen MR) is 66.5 cm³/mol. The minimum Gasteiger partial charge on any atom is -0.373 e. The molecule has 0 spiro atoms. The Morgan fingerprint density at radius 1 is 1.24 bits per heavy atom. The van der Waals surface area contributed by atoms with Crippen LogP contribution in [0.4, 0.5) is 5.82 Å². The molecular formula is C13H12N4. The molecule has 84 valence electrons. The van der Waals surface area contributed by atoms with Gasteiger partial charge in [-0.05, 0) is 30.7 Å². The Balaban J connectivity index is 2.40. The van der Waals surface area contributed by atoms with Gasteiger partial charge in [0.2, 0.25) is 0 Å². The third-order valence-electron chi connectivity index (χ3n) is 2.55. The zero-order valence-corrected chi connectivity index (χ0v) is 9.73. The Morgan fingerprint density at radius 2 is 2.06 bits per heavy atom. The SMILES string of the molecule is CNc1ccc(-c2cc(C)c(C#N)cn2)cn1. The molecule has 0 atom stereocenters. The maximum Gasteiger partial charge on any atom is 0.125 e. The van der Waals surface area contributed by atoms with Gasteiger partial charge in [0.05, 0.1) is 11.3 Å². The van der Waals surface area contributed by atoms with Crippen molar-refractivity contribution in [3.8, 4) is 17.3 Å². The van der Waals surface area contributed by atoms with Gasteiger partial charge in [-0.3, -0.25) is 4.98 Å². The molecule has 0 aromatic carbocycles. The van der Waals surface area contributed by atoms with Crippen LogP contribution in [0, 0.1) is 18.3 Å². The van der Waals surface area contributed by atoms with E-state index in [1.54, 1.807) is 12.4 Å². The van der Waals surface area contributed by atoms with E-state index in [-0.39, 0.29) is 0 Å². The zero-order valence-electron chi connectivity index (χ0n) is 9.73. The third kappa shape index (κ3) is 2.23. The highest BCUT2D eigenvalue weighted by molar-refractivity contribution is 5.61. The molecule has 2 heterocycles. The molecule has 2 aromatic rings. The van der Waals surface area contributed by atoms with E-state index in [4.69, 9.17) is 5.26 Å². The summed E-state index contributed by atoms with van der Waals surface area (Å²) >= 11 is 0. The van der Waals surface area contributed by atoms with Gasteiger partial charge in [0.1, 0.15) is 11.9 Å². The van der Waals surface area contributed by atoms with Crippen molar-refractivity contribution in [3.63, 3.8) is 0 Å². The van der Waals surface area contributed by atoms with E-state index < -0.39 is 0 Å². The van der Waals surface area contributed by atoms with Crippen molar-refractivity contribution in [1.82, 2.24) is 9.97 Å². The van der Waals surface area contributed by atoms with Gasteiger partial charge in [0.25, 0.3) is 0 Å². The monoisotopic (exact) mass is 224 g/mol. The number of nitrogens with one attached hydrogen (secondary N) is 1. The van der Waals surface area contributed by atoms with Crippen molar-refractivity contribution in [1.29, 1.82) is 5.26 Å². The van der Waals surface area contributed by atoms with Gasteiger partial charge < -0.3 is 5.32 Å². The second-order valence-corrected chi connectivity index (χ2v) is 3.68. The van der Waals surface area contributed by atoms with Crippen molar-refractivity contribution < 1.29 is 0 Å². The van der Waals surface area contributed by atoms with Crippen LogP contribution in [-0.4, -0.2) is 17.0 Å². The standard InChI is InChI=1S/C13H12N4/c1-9-5-12(16-8-11(9)6-14)10-3-4-13(15-2)17-7-10/h3-5,7-8H,1-2H3,(H,15,17). The number of nitriles is 1. The number of hydrogen-bond donors (Lipinski definition) is 1. The molecular weight excluding hydrogens is 212 g/mol. The molecule has 0 unspecified atom stereocenters. The van der Waals surface area contributed by atoms with Crippen LogP contribution in [0.25, 0.3) is 11.3 Å². The van der Waals surface area contributed by atoms with E-state index in [1.165, 1.54) is 0 Å². The molecule has 0 radical (unpaired) electrons. The van der Waals surface area contributed by atoms with Gasteiger partial charge in [-0.15, -0.1) is 0 Å². The summed E-state index contributed by atoms with van der Waals surface area (Å²) in [4.78, 5) is 8.48. The Bertz CT molecular complexity index is 567. The quantitative estimate of drug-likeness (QED) is 0.850. The first-order valence-electron chi connectivity index (χ1n) is 5.25. The van der Waals surface area contributed by atoms with Gasteiger partial charge in [-0.1, -0.05) is 0 Å². The molecule has 0 bridgehead atoms. The van der Waals surface area contributed by atoms with Gasteiger partial charge in [-0.25, -0.2) is 4.98 Å². The molecule has 0 saturated carbocycles. The highest BCUT2D eigenvalue weighted by Crippen LogP contribution is 2.19. The Morgan fingerprint density at radius 3 is 2.59 bits per heavy atom. The number of nitrogens with zero attached hydrogens (tertiary/aromatic N) is 3. The minimum atomic E-state index is 0.605. The summed E-state index contributed by atoms with van der Waals surface area (Å²) in [5.41, 5.74) is 3.30. The molecule has 4 heteroatoms. The van der Waals surface area contributed by atoms with E-state index in [9.17, 15) is 0 Å². The maximum atomic E-state index is 8.84. The summed E-state index contributed by atoms with van der Waals surface area (Å²) < 4.78 is 0. The Kier molecular flexibility index (Phi) is 3.01. The average Bonchev–Trinajstić information content (AvgIpc) is 2.39. The fourth-order valence-corrected chi connectivity index (χ4v) is 1.52. The summed E-state index contributed by atoms with van der Waals surface area (Å²) in [6, 6.07) is 7.85. The largest absolute Gasteiger partial charge is 0.373 e. The molecule has 0 amide bonds. The smallest absolute Gasteiger partial charge is 0.125 e. The molecule has 0 aliphatic rings. The first-order chi connectivity index (χ1) is 8.24. The van der Waals surface area contributed by atoms with E-state index in [1.807, 2.05) is 32.2 Å². The Hall–Kier alpha value is -2.41. The second kappa shape index (κ2) is 4.62. The maximum absolute atomic E-state index is 8.84. The highest BCUT2D eigenvalue weighted by Gasteiger charge is 2.03. The first kappa shape index (κ1) is 11.1. The minimum absolute atomic E-state index is 0.605. The van der Waals surface area contributed by atoms with Crippen molar-refractivity contribution >= 4 is 5.82 Å². The third-order valence-corrected chi connectivity index (χ3v) is 2.55. The summed E-state index contributed by atoms with van der Waals surface area (Å²) in [5.74, 6) is 0.819. The number of aryl methyl sites for hydroxylation is 1. The van der Waals surface area contributed by atoms with Crippen LogP contribution < -0.4 is 5.32 Å². The number of rotatable bonds is 2. The van der Waals surface area contributed by atoms with Crippen LogP contribution in [0.2, 0.25) is 0 Å². The lowest BCUT2D eigenvalue weighted by Crippen LogP contribution is -1.93. The van der Waals surface area contributed by atoms with Gasteiger partial charge >= 0.3 is 0 Å². The molecule has 2 aromatic heterocycles. The fourth-order valence-electron chi connectivity index (χ4n) is 1.52. The summed E-state index contributed by atoms with van der Waals surface area (Å²) in [5, 5.41) is 11.8. The average molecular weight is 224 g/mol. The molecule has 17 heavy (non-hydrogen) atoms. The van der Waals surface area contributed by atoms with Crippen LogP contribution in [0.3, 0.4) is 0 Å². The van der Waals surface area contributed by atoms with Crippen LogP contribution in [-0.2, 0) is 0 Å². The highest BCUT2D eigenvalue weighted by atomic mass is 14.9. The van der Waals surface area contributed by atoms with E-state index >= 15 is 0 Å². The topological polar surface area (TPSA) is 61.6 Å². The molecule has 0 aliphatic carbocycles. The number of anilines is 1. The van der Waals surface area contributed by atoms with E-state index in [2.05, 4.69) is 21.4 Å². The molecule has 0 saturated heterocycles. The molecule has 0 aliphatic heterocycles. The lowest BCUT2D eigenvalue weighted by atomic mass is 10.1. The molecule has 4 nitrogen and oxygen atoms in total. The van der Waals surface area contributed by atoms with E-state index in [0.717, 1.165) is 22.6 Å². The molecule has 2 rings (SSSR count). The van der Waals surface area contributed by atoms with E-state index in [0.29, 0.717) is 5.56 Å². The summed E-state index contributed by atoms with van der Waals surface area (Å²) in [6.07, 6.45) is 3.36. The van der Waals surface area contributed by atoms with Crippen LogP contribution in [0.1, 0.15) is 11.1 Å². The van der Waals surface area contributed by atoms with Crippen molar-refractivity contribution in [3.05, 3.63) is 41.7 Å². The van der Waals surface area contributed by atoms with Crippen molar-refractivity contribution in [2.75, 3.05) is 12.4 Å². The van der Waals surface area contributed by atoms with Gasteiger partial charge in [0, 0.05) is 25.0 Å².